The molecule has 134 valence electrons. The molecule has 0 spiro atoms. The molecular formula is C18H9ClN2O5S. The van der Waals surface area contributed by atoms with Gasteiger partial charge in [0.25, 0.3) is 5.69 Å². The molecule has 0 saturated heterocycles. The summed E-state index contributed by atoms with van der Waals surface area (Å²) in [6.07, 6.45) is 1.46. The zero-order valence-electron chi connectivity index (χ0n) is 13.4. The number of carbonyl (C=O) groups is 1. The predicted octanol–water partition coefficient (Wildman–Crippen LogP) is 4.91. The number of nitro groups is 1. The third kappa shape index (κ3) is 3.40. The van der Waals surface area contributed by atoms with Gasteiger partial charge >= 0.3 is 5.97 Å². The van der Waals surface area contributed by atoms with E-state index in [0.717, 1.165) is 4.88 Å². The summed E-state index contributed by atoms with van der Waals surface area (Å²) in [6, 6.07) is 11.0. The fraction of sp³-hybridized carbons (Fsp3) is 0. The van der Waals surface area contributed by atoms with Crippen LogP contribution in [0.3, 0.4) is 0 Å². The monoisotopic (exact) mass is 400 g/mol. The van der Waals surface area contributed by atoms with Gasteiger partial charge in [0.1, 0.15) is 11.5 Å². The first kappa shape index (κ1) is 17.2. The van der Waals surface area contributed by atoms with E-state index in [-0.39, 0.29) is 22.3 Å². The van der Waals surface area contributed by atoms with Crippen molar-refractivity contribution in [1.82, 2.24) is 0 Å². The Morgan fingerprint density at radius 3 is 2.78 bits per heavy atom. The van der Waals surface area contributed by atoms with E-state index in [9.17, 15) is 14.9 Å². The Labute approximate surface area is 161 Å². The number of thiophene rings is 1. The van der Waals surface area contributed by atoms with Crippen molar-refractivity contribution in [2.24, 2.45) is 4.99 Å². The maximum absolute atomic E-state index is 12.0. The number of hydrogen-bond acceptors (Lipinski definition) is 7. The molecule has 0 aliphatic carbocycles. The largest absolute Gasteiger partial charge is 0.457 e. The molecule has 7 nitrogen and oxygen atoms in total. The summed E-state index contributed by atoms with van der Waals surface area (Å²) in [5.41, 5.74) is 0.513. The molecule has 27 heavy (non-hydrogen) atoms. The molecule has 0 radical (unpaired) electrons. The van der Waals surface area contributed by atoms with Crippen molar-refractivity contribution in [1.29, 1.82) is 0 Å². The lowest BCUT2D eigenvalue weighted by atomic mass is 10.1. The van der Waals surface area contributed by atoms with Crippen molar-refractivity contribution in [2.45, 2.75) is 0 Å². The number of cyclic esters (lactones) is 1. The Kier molecular flexibility index (Phi) is 4.35. The van der Waals surface area contributed by atoms with Crippen molar-refractivity contribution in [3.8, 4) is 11.3 Å². The highest BCUT2D eigenvalue weighted by Gasteiger charge is 2.25. The molecule has 0 bridgehead atoms. The molecule has 0 saturated carbocycles. The quantitative estimate of drug-likeness (QED) is 0.268. The minimum absolute atomic E-state index is 0.109. The topological polar surface area (TPSA) is 94.9 Å². The van der Waals surface area contributed by atoms with Crippen molar-refractivity contribution in [3.63, 3.8) is 0 Å². The van der Waals surface area contributed by atoms with E-state index in [2.05, 4.69) is 4.99 Å². The average molecular weight is 401 g/mol. The zero-order chi connectivity index (χ0) is 19.0. The second kappa shape index (κ2) is 6.82. The van der Waals surface area contributed by atoms with Crippen molar-refractivity contribution >= 4 is 46.6 Å². The summed E-state index contributed by atoms with van der Waals surface area (Å²) >= 11 is 7.53. The first-order valence-electron chi connectivity index (χ1n) is 7.62. The molecule has 0 unspecified atom stereocenters. The summed E-state index contributed by atoms with van der Waals surface area (Å²) in [6.45, 7) is 0. The Hall–Kier alpha value is -3.23. The molecule has 0 fully saturated rings. The van der Waals surface area contributed by atoms with Crippen LogP contribution in [0.2, 0.25) is 5.02 Å². The van der Waals surface area contributed by atoms with Crippen LogP contribution in [-0.4, -0.2) is 16.8 Å². The van der Waals surface area contributed by atoms with Crippen LogP contribution in [0.15, 0.2) is 63.0 Å². The number of esters is 1. The Morgan fingerprint density at radius 1 is 1.22 bits per heavy atom. The van der Waals surface area contributed by atoms with Crippen LogP contribution in [0.5, 0.6) is 0 Å². The number of halogens is 1. The van der Waals surface area contributed by atoms with Crippen LogP contribution < -0.4 is 0 Å². The van der Waals surface area contributed by atoms with E-state index in [1.165, 1.54) is 35.6 Å². The molecule has 4 rings (SSSR count). The molecule has 3 heterocycles. The van der Waals surface area contributed by atoms with Gasteiger partial charge in [-0.05, 0) is 29.6 Å². The number of nitro benzene ring substituents is 1. The summed E-state index contributed by atoms with van der Waals surface area (Å²) in [4.78, 5) is 27.2. The van der Waals surface area contributed by atoms with E-state index in [4.69, 9.17) is 20.8 Å². The SMILES string of the molecule is O=C1OC(c2cccs2)=N/C1=C/c1ccc(-c2ccc([N+](=O)[O-])cc2Cl)o1. The number of carbonyl (C=O) groups excluding carboxylic acids is 1. The van der Waals surface area contributed by atoms with Crippen LogP contribution >= 0.6 is 22.9 Å². The molecule has 1 aliphatic rings. The highest BCUT2D eigenvalue weighted by Crippen LogP contribution is 2.33. The number of nitrogens with zero attached hydrogens (tertiary/aromatic N) is 2. The third-order valence-electron chi connectivity index (χ3n) is 3.69. The second-order valence-electron chi connectivity index (χ2n) is 5.44. The lowest BCUT2D eigenvalue weighted by Crippen LogP contribution is -2.03. The number of non-ortho nitro benzene ring substituents is 1. The summed E-state index contributed by atoms with van der Waals surface area (Å²) < 4.78 is 10.8. The summed E-state index contributed by atoms with van der Waals surface area (Å²) in [5.74, 6) is 0.481. The van der Waals surface area contributed by atoms with Gasteiger partial charge in [0.2, 0.25) is 5.90 Å². The van der Waals surface area contributed by atoms with Gasteiger partial charge in [-0.1, -0.05) is 17.7 Å². The lowest BCUT2D eigenvalue weighted by Gasteiger charge is -2.00. The van der Waals surface area contributed by atoms with Crippen LogP contribution in [0, 0.1) is 10.1 Å². The summed E-state index contributed by atoms with van der Waals surface area (Å²) in [5, 5.41) is 12.9. The number of ether oxygens (including phenoxy) is 1. The van der Waals surface area contributed by atoms with E-state index in [0.29, 0.717) is 17.1 Å². The minimum atomic E-state index is -0.565. The van der Waals surface area contributed by atoms with E-state index in [1.807, 2.05) is 11.4 Å². The van der Waals surface area contributed by atoms with Crippen molar-refractivity contribution in [3.05, 3.63) is 79.3 Å². The lowest BCUT2D eigenvalue weighted by molar-refractivity contribution is -0.384. The van der Waals surface area contributed by atoms with Crippen LogP contribution in [-0.2, 0) is 9.53 Å². The van der Waals surface area contributed by atoms with Gasteiger partial charge in [-0.25, -0.2) is 9.79 Å². The molecular weight excluding hydrogens is 392 g/mol. The van der Waals surface area contributed by atoms with Gasteiger partial charge in [0.05, 0.1) is 14.8 Å². The van der Waals surface area contributed by atoms with E-state index >= 15 is 0 Å². The number of furan rings is 1. The van der Waals surface area contributed by atoms with Crippen molar-refractivity contribution in [2.75, 3.05) is 0 Å². The molecule has 2 aromatic heterocycles. The van der Waals surface area contributed by atoms with Gasteiger partial charge in [0.15, 0.2) is 5.70 Å². The standard InChI is InChI=1S/C18H9ClN2O5S/c19-13-8-10(21(23)24)3-5-12(13)15-6-4-11(25-15)9-14-18(22)26-17(20-14)16-2-1-7-27-16/h1-9H/b14-9+. The molecule has 1 aliphatic heterocycles. The molecule has 0 N–H and O–H groups in total. The molecule has 3 aromatic rings. The average Bonchev–Trinajstić information content (AvgIpc) is 3.37. The fourth-order valence-electron chi connectivity index (χ4n) is 2.44. The Morgan fingerprint density at radius 2 is 2.07 bits per heavy atom. The Bertz CT molecular complexity index is 1110. The van der Waals surface area contributed by atoms with Crippen LogP contribution in [0.4, 0.5) is 5.69 Å². The highest BCUT2D eigenvalue weighted by atomic mass is 35.5. The molecule has 9 heteroatoms. The van der Waals surface area contributed by atoms with Gasteiger partial charge in [-0.15, -0.1) is 11.3 Å². The molecule has 0 amide bonds. The molecule has 0 atom stereocenters. The highest BCUT2D eigenvalue weighted by molar-refractivity contribution is 7.12. The van der Waals surface area contributed by atoms with Gasteiger partial charge in [0, 0.05) is 23.8 Å². The maximum Gasteiger partial charge on any atom is 0.363 e. The van der Waals surface area contributed by atoms with Crippen LogP contribution in [0.1, 0.15) is 10.6 Å². The number of benzene rings is 1. The van der Waals surface area contributed by atoms with E-state index < -0.39 is 10.9 Å². The normalized spacial score (nSPS) is 15.1. The van der Waals surface area contributed by atoms with Gasteiger partial charge in [-0.3, -0.25) is 10.1 Å². The first-order valence-corrected chi connectivity index (χ1v) is 8.87. The maximum atomic E-state index is 12.0. The number of aliphatic imine (C=N–C) groups is 1. The Balaban J connectivity index is 1.63. The van der Waals surface area contributed by atoms with Crippen LogP contribution in [0.25, 0.3) is 17.4 Å². The second-order valence-corrected chi connectivity index (χ2v) is 6.79. The van der Waals surface area contributed by atoms with Gasteiger partial charge < -0.3 is 9.15 Å². The van der Waals surface area contributed by atoms with Crippen molar-refractivity contribution < 1.29 is 18.9 Å². The number of rotatable bonds is 4. The summed E-state index contributed by atoms with van der Waals surface area (Å²) in [7, 11) is 0. The fourth-order valence-corrected chi connectivity index (χ4v) is 3.36. The third-order valence-corrected chi connectivity index (χ3v) is 4.86. The first-order chi connectivity index (χ1) is 13.0. The van der Waals surface area contributed by atoms with Gasteiger partial charge in [-0.2, -0.15) is 0 Å². The molecule has 1 aromatic carbocycles. The van der Waals surface area contributed by atoms with E-state index in [1.54, 1.807) is 18.2 Å². The minimum Gasteiger partial charge on any atom is -0.457 e. The number of hydrogen-bond donors (Lipinski definition) is 0. The predicted molar refractivity (Wildman–Crippen MR) is 101 cm³/mol. The smallest absolute Gasteiger partial charge is 0.363 e. The zero-order valence-corrected chi connectivity index (χ0v) is 15.0.